The Morgan fingerprint density at radius 2 is 1.86 bits per heavy atom. The maximum Gasteiger partial charge on any atom is 0.425 e. The van der Waals surface area contributed by atoms with Crippen molar-refractivity contribution in [2.45, 2.75) is 44.9 Å². The summed E-state index contributed by atoms with van der Waals surface area (Å²) >= 11 is 0. The van der Waals surface area contributed by atoms with Crippen molar-refractivity contribution in [1.29, 1.82) is 0 Å². The Bertz CT molecular complexity index is 1770. The molecule has 0 amide bonds. The number of sulfone groups is 1. The lowest BCUT2D eigenvalue weighted by molar-refractivity contribution is -0.189. The number of fused-ring (bicyclic) bond motifs is 3. The molecule has 43 heavy (non-hydrogen) atoms. The van der Waals surface area contributed by atoms with Crippen molar-refractivity contribution in [2.24, 2.45) is 0 Å². The largest absolute Gasteiger partial charge is 0.481 e. The van der Waals surface area contributed by atoms with Crippen LogP contribution in [0.25, 0.3) is 11.1 Å². The Kier molecular flexibility index (Phi) is 8.54. The highest BCUT2D eigenvalue weighted by Gasteiger charge is 2.40. The van der Waals surface area contributed by atoms with Gasteiger partial charge in [-0.3, -0.25) is 0 Å². The van der Waals surface area contributed by atoms with Crippen LogP contribution < -0.4 is 10.5 Å². The number of carboxylic acids is 1. The van der Waals surface area contributed by atoms with Gasteiger partial charge in [-0.25, -0.2) is 18.2 Å². The fraction of sp³-hybridized carbons (Fsp3) is 0.310. The van der Waals surface area contributed by atoms with Gasteiger partial charge in [0, 0.05) is 37.6 Å². The van der Waals surface area contributed by atoms with E-state index in [4.69, 9.17) is 15.4 Å². The van der Waals surface area contributed by atoms with Gasteiger partial charge >= 0.3 is 12.1 Å². The summed E-state index contributed by atoms with van der Waals surface area (Å²) in [5, 5.41) is 12.6. The number of carbonyl (C=O) groups is 1. The van der Waals surface area contributed by atoms with Crippen molar-refractivity contribution >= 4 is 21.5 Å². The first-order valence-electron chi connectivity index (χ1n) is 12.9. The Hall–Kier alpha value is -4.46. The third kappa shape index (κ3) is 6.96. The number of nitrogens with zero attached hydrogens (tertiary/aromatic N) is 3. The second-order valence-electron chi connectivity index (χ2n) is 10.4. The molecule has 10 nitrogen and oxygen atoms in total. The summed E-state index contributed by atoms with van der Waals surface area (Å²) < 4.78 is 70.5. The molecule has 2 aromatic heterocycles. The molecular weight excluding hydrogens is 589 g/mol. The molecule has 0 saturated heterocycles. The summed E-state index contributed by atoms with van der Waals surface area (Å²) in [6.07, 6.45) is -3.49. The molecule has 3 N–H and O–H groups in total. The lowest BCUT2D eigenvalue weighted by Crippen LogP contribution is -2.34. The number of nitrogen functional groups attached to an aromatic ring is 1. The Balaban J connectivity index is 0.000000227. The summed E-state index contributed by atoms with van der Waals surface area (Å²) in [4.78, 5) is 18.3. The van der Waals surface area contributed by atoms with Crippen molar-refractivity contribution in [3.05, 3.63) is 88.8 Å². The zero-order valence-corrected chi connectivity index (χ0v) is 24.5. The minimum Gasteiger partial charge on any atom is -0.481 e. The zero-order valence-electron chi connectivity index (χ0n) is 23.6. The molecule has 0 fully saturated rings. The molecule has 0 spiro atoms. The quantitative estimate of drug-likeness (QED) is 0.238. The molecule has 2 atom stereocenters. The number of hydrogen-bond donors (Lipinski definition) is 2. The number of hydrogen-bond acceptors (Lipinski definition) is 9. The van der Waals surface area contributed by atoms with Gasteiger partial charge in [0.2, 0.25) is 5.89 Å². The number of alkyl halides is 3. The van der Waals surface area contributed by atoms with E-state index in [0.717, 1.165) is 42.8 Å². The molecule has 1 unspecified atom stereocenters. The SMILES string of the molecule is C[C@H](Oc1ccnc(C(=O)O)c1)C(F)(F)F.Cc1nc(C(C)(CS(C)(=O)=O)c2ccc3c(c2N)Cc2ccccc2-3)no1. The minimum atomic E-state index is -4.49. The molecule has 0 bridgehead atoms. The lowest BCUT2D eigenvalue weighted by atomic mass is 9.80. The first-order chi connectivity index (χ1) is 20.0. The van der Waals surface area contributed by atoms with Gasteiger partial charge in [-0.2, -0.15) is 18.2 Å². The number of halogens is 3. The predicted octanol–water partition coefficient (Wildman–Crippen LogP) is 4.99. The highest BCUT2D eigenvalue weighted by molar-refractivity contribution is 7.90. The standard InChI is InChI=1S/C20H21N3O3S.C9H8F3NO3/c1-12-22-19(23-26-12)20(2,11-27(3,24)25)17-9-8-15-14-7-5-4-6-13(14)10-16(15)18(17)21;1-5(9(10,11)12)16-6-2-3-13-7(4-6)8(14)15/h4-9H,10-11,21H2,1-3H3;2-5H,1H3,(H,14,15)/t;5-/m.0/s1. The molecule has 5 rings (SSSR count). The van der Waals surface area contributed by atoms with Crippen molar-refractivity contribution in [3.63, 3.8) is 0 Å². The van der Waals surface area contributed by atoms with Gasteiger partial charge in [0.25, 0.3) is 0 Å². The van der Waals surface area contributed by atoms with Crippen LogP contribution in [0.15, 0.2) is 59.3 Å². The number of ether oxygens (including phenoxy) is 1. The van der Waals surface area contributed by atoms with E-state index in [1.807, 2.05) is 24.3 Å². The molecule has 2 aromatic carbocycles. The van der Waals surface area contributed by atoms with Crippen LogP contribution in [0.2, 0.25) is 0 Å². The maximum atomic E-state index is 12.2. The molecule has 228 valence electrons. The van der Waals surface area contributed by atoms with Crippen LogP contribution in [0, 0.1) is 6.92 Å². The van der Waals surface area contributed by atoms with Crippen LogP contribution in [0.4, 0.5) is 18.9 Å². The van der Waals surface area contributed by atoms with Crippen LogP contribution >= 0.6 is 0 Å². The average molecular weight is 619 g/mol. The topological polar surface area (TPSA) is 158 Å². The number of rotatable bonds is 7. The van der Waals surface area contributed by atoms with E-state index in [-0.39, 0.29) is 17.2 Å². The van der Waals surface area contributed by atoms with Gasteiger partial charge in [0.05, 0.1) is 11.2 Å². The molecule has 1 aliphatic rings. The Morgan fingerprint density at radius 3 is 2.47 bits per heavy atom. The molecular formula is C29H29F3N4O6S. The monoisotopic (exact) mass is 618 g/mol. The average Bonchev–Trinajstić information content (AvgIpc) is 3.52. The van der Waals surface area contributed by atoms with E-state index >= 15 is 0 Å². The summed E-state index contributed by atoms with van der Waals surface area (Å²) in [6, 6.07) is 14.2. The van der Waals surface area contributed by atoms with Crippen molar-refractivity contribution < 1.29 is 40.8 Å². The van der Waals surface area contributed by atoms with E-state index in [2.05, 4.69) is 32.0 Å². The second kappa shape index (κ2) is 11.7. The molecule has 2 heterocycles. The maximum absolute atomic E-state index is 12.2. The fourth-order valence-corrected chi connectivity index (χ4v) is 6.23. The fourth-order valence-electron chi connectivity index (χ4n) is 4.90. The number of anilines is 1. The van der Waals surface area contributed by atoms with Crippen LogP contribution in [-0.4, -0.2) is 58.9 Å². The second-order valence-corrected chi connectivity index (χ2v) is 12.5. The van der Waals surface area contributed by atoms with E-state index in [1.165, 1.54) is 17.4 Å². The predicted molar refractivity (Wildman–Crippen MR) is 152 cm³/mol. The molecule has 0 saturated carbocycles. The highest BCUT2D eigenvalue weighted by Crippen LogP contribution is 2.44. The van der Waals surface area contributed by atoms with Crippen LogP contribution in [-0.2, 0) is 21.7 Å². The number of aromatic carboxylic acids is 1. The van der Waals surface area contributed by atoms with Gasteiger partial charge in [-0.1, -0.05) is 41.6 Å². The van der Waals surface area contributed by atoms with E-state index < -0.39 is 33.5 Å². The van der Waals surface area contributed by atoms with Crippen LogP contribution in [0.3, 0.4) is 0 Å². The first-order valence-corrected chi connectivity index (χ1v) is 15.0. The highest BCUT2D eigenvalue weighted by atomic mass is 32.2. The third-order valence-corrected chi connectivity index (χ3v) is 8.02. The number of benzene rings is 2. The normalized spacial score (nSPS) is 14.5. The van der Waals surface area contributed by atoms with Gasteiger partial charge in [-0.15, -0.1) is 0 Å². The Labute approximate surface area is 245 Å². The van der Waals surface area contributed by atoms with E-state index in [0.29, 0.717) is 23.0 Å². The van der Waals surface area contributed by atoms with Gasteiger partial charge in [0.15, 0.2) is 17.6 Å². The summed E-state index contributed by atoms with van der Waals surface area (Å²) in [5.74, 6) is -0.957. The number of nitrogens with two attached hydrogens (primary N) is 1. The van der Waals surface area contributed by atoms with Crippen LogP contribution in [0.5, 0.6) is 5.75 Å². The molecule has 1 aliphatic carbocycles. The van der Waals surface area contributed by atoms with E-state index in [9.17, 15) is 26.4 Å². The zero-order chi connectivity index (χ0) is 31.7. The minimum absolute atomic E-state index is 0.158. The molecule has 4 aromatic rings. The number of aryl methyl sites for hydroxylation is 1. The van der Waals surface area contributed by atoms with Crippen molar-refractivity contribution in [1.82, 2.24) is 15.1 Å². The van der Waals surface area contributed by atoms with Gasteiger partial charge in [0.1, 0.15) is 15.6 Å². The van der Waals surface area contributed by atoms with Gasteiger partial charge in [-0.05, 0) is 47.7 Å². The smallest absolute Gasteiger partial charge is 0.425 e. The third-order valence-electron chi connectivity index (χ3n) is 6.92. The summed E-state index contributed by atoms with van der Waals surface area (Å²) in [6.45, 7) is 4.32. The molecule has 0 radical (unpaired) electrons. The number of aromatic nitrogens is 3. The number of pyridine rings is 1. The Morgan fingerprint density at radius 1 is 1.16 bits per heavy atom. The van der Waals surface area contributed by atoms with Gasteiger partial charge < -0.3 is 20.1 Å². The first kappa shape index (κ1) is 31.5. The molecule has 0 aliphatic heterocycles. The molecule has 14 heteroatoms. The summed E-state index contributed by atoms with van der Waals surface area (Å²) in [5.41, 5.74) is 11.0. The van der Waals surface area contributed by atoms with Crippen molar-refractivity contribution in [2.75, 3.05) is 17.7 Å². The van der Waals surface area contributed by atoms with Crippen molar-refractivity contribution in [3.8, 4) is 16.9 Å². The summed E-state index contributed by atoms with van der Waals surface area (Å²) in [7, 11) is -3.33. The van der Waals surface area contributed by atoms with E-state index in [1.54, 1.807) is 13.8 Å². The van der Waals surface area contributed by atoms with Crippen LogP contribution in [0.1, 0.15) is 52.7 Å². The lowest BCUT2D eigenvalue weighted by Gasteiger charge is -2.28. The number of carboxylic acid groups (broad SMARTS) is 1.